The first kappa shape index (κ1) is 23.0. The van der Waals surface area contributed by atoms with Crippen LogP contribution in [0.15, 0.2) is 53.4 Å². The van der Waals surface area contributed by atoms with Crippen LogP contribution in [0.4, 0.5) is 17.5 Å². The highest BCUT2D eigenvalue weighted by molar-refractivity contribution is 7.89. The maximum absolute atomic E-state index is 13.3. The molecule has 8 nitrogen and oxygen atoms in total. The van der Waals surface area contributed by atoms with Crippen LogP contribution in [0.25, 0.3) is 0 Å². The average Bonchev–Trinajstić information content (AvgIpc) is 2.80. The van der Waals surface area contributed by atoms with E-state index in [-0.39, 0.29) is 4.90 Å². The lowest BCUT2D eigenvalue weighted by molar-refractivity contribution is 0.373. The molecule has 1 fully saturated rings. The molecule has 2 heterocycles. The van der Waals surface area contributed by atoms with Gasteiger partial charge in [-0.05, 0) is 50.6 Å². The normalized spacial score (nSPS) is 14.8. The molecule has 174 valence electrons. The van der Waals surface area contributed by atoms with Gasteiger partial charge in [-0.2, -0.15) is 9.29 Å². The molecular formula is C24H29N5O3S. The van der Waals surface area contributed by atoms with E-state index >= 15 is 0 Å². The van der Waals surface area contributed by atoms with Gasteiger partial charge in [0.1, 0.15) is 16.5 Å². The molecule has 0 saturated carbocycles. The standard InChI is InChI=1S/C24H29N5O3S/c1-17-5-8-20(9-6-17)26-24-25-19(3)16-23(27-24)28-11-13-29(14-12-28)33(30,31)22-15-18(2)7-10-21(22)32-4/h5-10,15-16H,11-14H2,1-4H3,(H,25,26,27). The zero-order chi connectivity index (χ0) is 23.6. The number of nitrogens with one attached hydrogen (secondary N) is 1. The number of hydrogen-bond acceptors (Lipinski definition) is 7. The average molecular weight is 468 g/mol. The van der Waals surface area contributed by atoms with Gasteiger partial charge in [0.05, 0.1) is 7.11 Å². The monoisotopic (exact) mass is 467 g/mol. The number of benzene rings is 2. The summed E-state index contributed by atoms with van der Waals surface area (Å²) in [6, 6.07) is 15.2. The molecular weight excluding hydrogens is 438 g/mol. The summed E-state index contributed by atoms with van der Waals surface area (Å²) in [5.74, 6) is 1.66. The lowest BCUT2D eigenvalue weighted by Gasteiger charge is -2.35. The molecule has 9 heteroatoms. The van der Waals surface area contributed by atoms with Gasteiger partial charge < -0.3 is 15.0 Å². The van der Waals surface area contributed by atoms with Crippen molar-refractivity contribution < 1.29 is 13.2 Å². The smallest absolute Gasteiger partial charge is 0.246 e. The van der Waals surface area contributed by atoms with Crippen molar-refractivity contribution >= 4 is 27.5 Å². The largest absolute Gasteiger partial charge is 0.495 e. The third-order valence-electron chi connectivity index (χ3n) is 5.65. The Kier molecular flexibility index (Phi) is 6.53. The molecule has 33 heavy (non-hydrogen) atoms. The molecule has 3 aromatic rings. The molecule has 0 unspecified atom stereocenters. The fourth-order valence-electron chi connectivity index (χ4n) is 3.82. The summed E-state index contributed by atoms with van der Waals surface area (Å²) in [5.41, 5.74) is 3.81. The predicted molar refractivity (Wildman–Crippen MR) is 130 cm³/mol. The van der Waals surface area contributed by atoms with Crippen LogP contribution < -0.4 is 15.0 Å². The van der Waals surface area contributed by atoms with Crippen LogP contribution >= 0.6 is 0 Å². The molecule has 1 aliphatic rings. The molecule has 0 radical (unpaired) electrons. The van der Waals surface area contributed by atoms with Gasteiger partial charge in [0, 0.05) is 43.6 Å². The number of rotatable bonds is 6. The number of sulfonamides is 1. The zero-order valence-electron chi connectivity index (χ0n) is 19.4. The Morgan fingerprint density at radius 2 is 1.55 bits per heavy atom. The van der Waals surface area contributed by atoms with Gasteiger partial charge in [-0.3, -0.25) is 0 Å². The summed E-state index contributed by atoms with van der Waals surface area (Å²) in [5, 5.41) is 3.25. The van der Waals surface area contributed by atoms with Gasteiger partial charge in [-0.25, -0.2) is 13.4 Å². The molecule has 0 aliphatic carbocycles. The van der Waals surface area contributed by atoms with E-state index in [4.69, 9.17) is 4.74 Å². The minimum absolute atomic E-state index is 0.209. The summed E-state index contributed by atoms with van der Waals surface area (Å²) in [6.45, 7) is 7.64. The van der Waals surface area contributed by atoms with Crippen molar-refractivity contribution in [2.24, 2.45) is 0 Å². The summed E-state index contributed by atoms with van der Waals surface area (Å²) in [6.07, 6.45) is 0. The van der Waals surface area contributed by atoms with Crippen LogP contribution in [0.1, 0.15) is 16.8 Å². The molecule has 0 amide bonds. The first-order valence-electron chi connectivity index (χ1n) is 10.9. The Morgan fingerprint density at radius 1 is 0.879 bits per heavy atom. The molecule has 2 aromatic carbocycles. The SMILES string of the molecule is COc1ccc(C)cc1S(=O)(=O)N1CCN(c2cc(C)nc(Nc3ccc(C)cc3)n2)CC1. The van der Waals surface area contributed by atoms with E-state index in [9.17, 15) is 8.42 Å². The van der Waals surface area contributed by atoms with Crippen LogP contribution in [0, 0.1) is 20.8 Å². The number of ether oxygens (including phenoxy) is 1. The lowest BCUT2D eigenvalue weighted by atomic mass is 10.2. The number of anilines is 3. The van der Waals surface area contributed by atoms with E-state index in [0.717, 1.165) is 22.8 Å². The fourth-order valence-corrected chi connectivity index (χ4v) is 5.48. The van der Waals surface area contributed by atoms with Gasteiger partial charge in [-0.1, -0.05) is 23.8 Å². The van der Waals surface area contributed by atoms with Crippen molar-refractivity contribution in [1.82, 2.24) is 14.3 Å². The Labute approximate surface area is 195 Å². The molecule has 1 aromatic heterocycles. The van der Waals surface area contributed by atoms with Gasteiger partial charge in [0.15, 0.2) is 0 Å². The number of methoxy groups -OCH3 is 1. The van der Waals surface area contributed by atoms with E-state index in [2.05, 4.69) is 20.2 Å². The molecule has 1 N–H and O–H groups in total. The predicted octanol–water partition coefficient (Wildman–Crippen LogP) is 3.66. The number of hydrogen-bond donors (Lipinski definition) is 1. The van der Waals surface area contributed by atoms with E-state index in [1.54, 1.807) is 12.1 Å². The van der Waals surface area contributed by atoms with Gasteiger partial charge in [-0.15, -0.1) is 0 Å². The molecule has 4 rings (SSSR count). The van der Waals surface area contributed by atoms with Crippen LogP contribution in [0.2, 0.25) is 0 Å². The first-order chi connectivity index (χ1) is 15.8. The number of nitrogens with zero attached hydrogens (tertiary/aromatic N) is 4. The third kappa shape index (κ3) is 5.09. The highest BCUT2D eigenvalue weighted by Crippen LogP contribution is 2.29. The molecule has 1 saturated heterocycles. The number of aromatic nitrogens is 2. The second-order valence-corrected chi connectivity index (χ2v) is 10.1. The fraction of sp³-hybridized carbons (Fsp3) is 0.333. The molecule has 1 aliphatic heterocycles. The highest BCUT2D eigenvalue weighted by Gasteiger charge is 2.31. The maximum Gasteiger partial charge on any atom is 0.246 e. The maximum atomic E-state index is 13.3. The van der Waals surface area contributed by atoms with Gasteiger partial charge >= 0.3 is 0 Å². The first-order valence-corrected chi connectivity index (χ1v) is 12.3. The zero-order valence-corrected chi connectivity index (χ0v) is 20.2. The number of aryl methyl sites for hydroxylation is 3. The van der Waals surface area contributed by atoms with Crippen molar-refractivity contribution in [3.05, 3.63) is 65.4 Å². The lowest BCUT2D eigenvalue weighted by Crippen LogP contribution is -2.49. The van der Waals surface area contributed by atoms with Crippen molar-refractivity contribution in [2.75, 3.05) is 43.5 Å². The quantitative estimate of drug-likeness (QED) is 0.592. The van der Waals surface area contributed by atoms with Crippen LogP contribution in [-0.4, -0.2) is 56.0 Å². The highest BCUT2D eigenvalue weighted by atomic mass is 32.2. The Bertz CT molecular complexity index is 1240. The van der Waals surface area contributed by atoms with Gasteiger partial charge in [0.25, 0.3) is 0 Å². The molecule has 0 bridgehead atoms. The van der Waals surface area contributed by atoms with E-state index in [1.807, 2.05) is 57.2 Å². The molecule has 0 spiro atoms. The summed E-state index contributed by atoms with van der Waals surface area (Å²) >= 11 is 0. The summed E-state index contributed by atoms with van der Waals surface area (Å²) in [4.78, 5) is 11.5. The Morgan fingerprint density at radius 3 is 2.21 bits per heavy atom. The van der Waals surface area contributed by atoms with Crippen LogP contribution in [0.5, 0.6) is 5.75 Å². The Hall–Kier alpha value is -3.17. The topological polar surface area (TPSA) is 87.7 Å². The van der Waals surface area contributed by atoms with Crippen molar-refractivity contribution in [2.45, 2.75) is 25.7 Å². The second kappa shape index (κ2) is 9.36. The van der Waals surface area contributed by atoms with Crippen LogP contribution in [0.3, 0.4) is 0 Å². The van der Waals surface area contributed by atoms with E-state index in [0.29, 0.717) is 37.9 Å². The van der Waals surface area contributed by atoms with Crippen molar-refractivity contribution in [3.8, 4) is 5.75 Å². The minimum Gasteiger partial charge on any atom is -0.495 e. The van der Waals surface area contributed by atoms with Crippen LogP contribution in [-0.2, 0) is 10.0 Å². The molecule has 0 atom stereocenters. The summed E-state index contributed by atoms with van der Waals surface area (Å²) in [7, 11) is -2.17. The van der Waals surface area contributed by atoms with Gasteiger partial charge in [0.2, 0.25) is 16.0 Å². The van der Waals surface area contributed by atoms with Crippen molar-refractivity contribution in [1.29, 1.82) is 0 Å². The van der Waals surface area contributed by atoms with Crippen molar-refractivity contribution in [3.63, 3.8) is 0 Å². The number of piperazine rings is 1. The minimum atomic E-state index is -3.66. The Balaban J connectivity index is 1.49. The third-order valence-corrected chi connectivity index (χ3v) is 7.57. The summed E-state index contributed by atoms with van der Waals surface area (Å²) < 4.78 is 33.4. The van der Waals surface area contributed by atoms with E-state index < -0.39 is 10.0 Å². The van der Waals surface area contributed by atoms with E-state index in [1.165, 1.54) is 17.0 Å². The second-order valence-electron chi connectivity index (χ2n) is 8.23.